The average Bonchev–Trinajstić information content (AvgIpc) is 3.30. The molecule has 1 N–H and O–H groups in total. The lowest BCUT2D eigenvalue weighted by Gasteiger charge is -2.08. The second-order valence-corrected chi connectivity index (χ2v) is 5.92. The number of hydrogen-bond acceptors (Lipinski definition) is 3. The van der Waals surface area contributed by atoms with Crippen molar-refractivity contribution in [3.05, 3.63) is 77.9 Å². The predicted octanol–water partition coefficient (Wildman–Crippen LogP) is 2.56. The van der Waals surface area contributed by atoms with E-state index in [1.807, 2.05) is 42.6 Å². The number of amides is 1. The topological polar surface area (TPSA) is 59.8 Å². The van der Waals surface area contributed by atoms with E-state index in [0.29, 0.717) is 11.6 Å². The summed E-state index contributed by atoms with van der Waals surface area (Å²) in [7, 11) is 0. The first-order chi connectivity index (χ1) is 12.3. The average molecular weight is 328 g/mol. The minimum Gasteiger partial charge on any atom is -0.349 e. The number of carbonyl (C=O) groups excluding carboxylic acids is 1. The predicted molar refractivity (Wildman–Crippen MR) is 94.3 cm³/mol. The van der Waals surface area contributed by atoms with Gasteiger partial charge in [0.05, 0.1) is 11.3 Å². The molecule has 0 unspecified atom stereocenters. The van der Waals surface area contributed by atoms with E-state index in [2.05, 4.69) is 27.2 Å². The molecule has 5 nitrogen and oxygen atoms in total. The Kier molecular flexibility index (Phi) is 4.01. The van der Waals surface area contributed by atoms with E-state index in [1.165, 1.54) is 0 Å². The highest BCUT2D eigenvalue weighted by Gasteiger charge is 2.24. The van der Waals surface area contributed by atoms with Crippen LogP contribution in [0.3, 0.4) is 0 Å². The van der Waals surface area contributed by atoms with E-state index in [9.17, 15) is 4.79 Å². The third kappa shape index (κ3) is 3.59. The SMILES string of the molecule is O=C(NC1CC1)c1ccc(-n2cccn2)c(C#Cc2cccnc2)c1. The van der Waals surface area contributed by atoms with Gasteiger partial charge in [0.25, 0.3) is 5.91 Å². The van der Waals surface area contributed by atoms with Crippen LogP contribution in [0.4, 0.5) is 0 Å². The second-order valence-electron chi connectivity index (χ2n) is 5.92. The van der Waals surface area contributed by atoms with Gasteiger partial charge in [0.1, 0.15) is 0 Å². The summed E-state index contributed by atoms with van der Waals surface area (Å²) in [6.45, 7) is 0. The van der Waals surface area contributed by atoms with Crippen LogP contribution >= 0.6 is 0 Å². The fraction of sp³-hybridized carbons (Fsp3) is 0.150. The van der Waals surface area contributed by atoms with Crippen molar-refractivity contribution in [2.24, 2.45) is 0 Å². The Balaban J connectivity index is 1.72. The van der Waals surface area contributed by atoms with Gasteiger partial charge in [0.15, 0.2) is 0 Å². The number of nitrogens with zero attached hydrogens (tertiary/aromatic N) is 3. The number of aromatic nitrogens is 3. The quantitative estimate of drug-likeness (QED) is 0.752. The Morgan fingerprint density at radius 2 is 2.08 bits per heavy atom. The molecule has 0 saturated heterocycles. The maximum atomic E-state index is 12.3. The Bertz CT molecular complexity index is 948. The summed E-state index contributed by atoms with van der Waals surface area (Å²) in [6.07, 6.45) is 9.11. The molecule has 1 amide bonds. The standard InChI is InChI=1S/C20H16N4O/c25-20(23-18-7-8-18)17-6-9-19(24-12-2-11-22-24)16(13-17)5-4-15-3-1-10-21-14-15/h1-3,6,9-14,18H,7-8H2,(H,23,25). The van der Waals surface area contributed by atoms with Gasteiger partial charge in [0.2, 0.25) is 0 Å². The van der Waals surface area contributed by atoms with E-state index >= 15 is 0 Å². The van der Waals surface area contributed by atoms with Crippen molar-refractivity contribution in [3.8, 4) is 17.5 Å². The number of nitrogens with one attached hydrogen (secondary N) is 1. The fourth-order valence-electron chi connectivity index (χ4n) is 2.46. The molecule has 4 rings (SSSR count). The third-order valence-electron chi connectivity index (χ3n) is 3.93. The first kappa shape index (κ1) is 15.2. The number of benzene rings is 1. The zero-order valence-corrected chi connectivity index (χ0v) is 13.5. The lowest BCUT2D eigenvalue weighted by Crippen LogP contribution is -2.25. The van der Waals surface area contributed by atoms with Crippen LogP contribution in [-0.4, -0.2) is 26.7 Å². The van der Waals surface area contributed by atoms with Gasteiger partial charge in [0, 0.05) is 42.0 Å². The van der Waals surface area contributed by atoms with Crippen molar-refractivity contribution >= 4 is 5.91 Å². The van der Waals surface area contributed by atoms with Gasteiger partial charge < -0.3 is 5.32 Å². The molecule has 0 atom stereocenters. The summed E-state index contributed by atoms with van der Waals surface area (Å²) in [6, 6.07) is 11.4. The van der Waals surface area contributed by atoms with Gasteiger partial charge in [-0.05, 0) is 49.2 Å². The zero-order valence-electron chi connectivity index (χ0n) is 13.5. The summed E-state index contributed by atoms with van der Waals surface area (Å²) < 4.78 is 1.75. The number of hydrogen-bond donors (Lipinski definition) is 1. The molecular formula is C20H16N4O. The molecule has 3 aromatic rings. The highest BCUT2D eigenvalue weighted by Crippen LogP contribution is 2.20. The van der Waals surface area contributed by atoms with Crippen molar-refractivity contribution in [3.63, 3.8) is 0 Å². The molecule has 1 fully saturated rings. The van der Waals surface area contributed by atoms with Crippen molar-refractivity contribution in [2.45, 2.75) is 18.9 Å². The summed E-state index contributed by atoms with van der Waals surface area (Å²) in [5, 5.41) is 7.28. The number of carbonyl (C=O) groups is 1. The van der Waals surface area contributed by atoms with Gasteiger partial charge >= 0.3 is 0 Å². The molecule has 1 aromatic carbocycles. The van der Waals surface area contributed by atoms with E-state index in [4.69, 9.17) is 0 Å². The summed E-state index contributed by atoms with van der Waals surface area (Å²) >= 11 is 0. The lowest BCUT2D eigenvalue weighted by atomic mass is 10.1. The van der Waals surface area contributed by atoms with Crippen LogP contribution < -0.4 is 5.32 Å². The van der Waals surface area contributed by atoms with Gasteiger partial charge in [-0.3, -0.25) is 9.78 Å². The normalized spacial score (nSPS) is 13.0. The van der Waals surface area contributed by atoms with Crippen LogP contribution in [0.2, 0.25) is 0 Å². The minimum absolute atomic E-state index is 0.0565. The van der Waals surface area contributed by atoms with E-state index in [1.54, 1.807) is 23.3 Å². The third-order valence-corrected chi connectivity index (χ3v) is 3.93. The Labute approximate surface area is 145 Å². The molecule has 0 spiro atoms. The molecule has 2 aromatic heterocycles. The minimum atomic E-state index is -0.0565. The molecule has 1 saturated carbocycles. The Morgan fingerprint density at radius 3 is 2.80 bits per heavy atom. The number of pyridine rings is 1. The Morgan fingerprint density at radius 1 is 1.16 bits per heavy atom. The number of rotatable bonds is 3. The van der Waals surface area contributed by atoms with Crippen LogP contribution in [-0.2, 0) is 0 Å². The maximum Gasteiger partial charge on any atom is 0.251 e. The van der Waals surface area contributed by atoms with Crippen LogP contribution in [0.1, 0.15) is 34.3 Å². The van der Waals surface area contributed by atoms with Gasteiger partial charge in [-0.1, -0.05) is 11.8 Å². The fourth-order valence-corrected chi connectivity index (χ4v) is 2.46. The molecule has 1 aliphatic carbocycles. The molecule has 0 aliphatic heterocycles. The molecule has 2 heterocycles. The van der Waals surface area contributed by atoms with Crippen molar-refractivity contribution in [2.75, 3.05) is 0 Å². The monoisotopic (exact) mass is 328 g/mol. The van der Waals surface area contributed by atoms with E-state index < -0.39 is 0 Å². The molecule has 122 valence electrons. The van der Waals surface area contributed by atoms with E-state index in [0.717, 1.165) is 29.7 Å². The van der Waals surface area contributed by atoms with Gasteiger partial charge in [-0.25, -0.2) is 4.68 Å². The van der Waals surface area contributed by atoms with Crippen LogP contribution in [0.5, 0.6) is 0 Å². The summed E-state index contributed by atoms with van der Waals surface area (Å²) in [4.78, 5) is 16.4. The summed E-state index contributed by atoms with van der Waals surface area (Å²) in [5.74, 6) is 6.19. The highest BCUT2D eigenvalue weighted by atomic mass is 16.1. The molecule has 25 heavy (non-hydrogen) atoms. The van der Waals surface area contributed by atoms with Crippen molar-refractivity contribution in [1.29, 1.82) is 0 Å². The van der Waals surface area contributed by atoms with Gasteiger partial charge in [-0.15, -0.1) is 0 Å². The highest BCUT2D eigenvalue weighted by molar-refractivity contribution is 5.95. The summed E-state index contributed by atoms with van der Waals surface area (Å²) in [5.41, 5.74) is 3.01. The van der Waals surface area contributed by atoms with Crippen LogP contribution in [0.25, 0.3) is 5.69 Å². The molecule has 5 heteroatoms. The second kappa shape index (κ2) is 6.62. The largest absolute Gasteiger partial charge is 0.349 e. The lowest BCUT2D eigenvalue weighted by molar-refractivity contribution is 0.0951. The van der Waals surface area contributed by atoms with Crippen molar-refractivity contribution < 1.29 is 4.79 Å². The molecular weight excluding hydrogens is 312 g/mol. The van der Waals surface area contributed by atoms with Crippen LogP contribution in [0.15, 0.2) is 61.2 Å². The maximum absolute atomic E-state index is 12.3. The van der Waals surface area contributed by atoms with Gasteiger partial charge in [-0.2, -0.15) is 5.10 Å². The molecule has 0 radical (unpaired) electrons. The smallest absolute Gasteiger partial charge is 0.251 e. The van der Waals surface area contributed by atoms with E-state index in [-0.39, 0.29) is 5.91 Å². The van der Waals surface area contributed by atoms with Crippen LogP contribution in [0, 0.1) is 11.8 Å². The Hall–Kier alpha value is -3.39. The molecule has 0 bridgehead atoms. The molecule has 1 aliphatic rings. The van der Waals surface area contributed by atoms with Crippen molar-refractivity contribution in [1.82, 2.24) is 20.1 Å². The zero-order chi connectivity index (χ0) is 17.1. The first-order valence-electron chi connectivity index (χ1n) is 8.16. The first-order valence-corrected chi connectivity index (χ1v) is 8.16.